The summed E-state index contributed by atoms with van der Waals surface area (Å²) in [7, 11) is 0. The summed E-state index contributed by atoms with van der Waals surface area (Å²) in [5, 5.41) is 3.15. The van der Waals surface area contributed by atoms with Crippen LogP contribution in [0.25, 0.3) is 11.2 Å². The molecule has 1 aliphatic heterocycles. The van der Waals surface area contributed by atoms with Gasteiger partial charge in [-0.15, -0.1) is 0 Å². The van der Waals surface area contributed by atoms with Gasteiger partial charge < -0.3 is 10.1 Å². The minimum absolute atomic E-state index is 0.0446. The summed E-state index contributed by atoms with van der Waals surface area (Å²) in [5.41, 5.74) is 2.33. The Morgan fingerprint density at radius 3 is 2.88 bits per heavy atom. The van der Waals surface area contributed by atoms with Crippen LogP contribution in [0.5, 0.6) is 0 Å². The van der Waals surface area contributed by atoms with Crippen molar-refractivity contribution in [3.63, 3.8) is 0 Å². The van der Waals surface area contributed by atoms with E-state index >= 15 is 0 Å². The molecule has 1 N–H and O–H groups in total. The van der Waals surface area contributed by atoms with Gasteiger partial charge in [0.15, 0.2) is 5.65 Å². The fraction of sp³-hybridized carbons (Fsp3) is 0.333. The lowest BCUT2D eigenvalue weighted by Gasteiger charge is -2.15. The second-order valence-corrected chi connectivity index (χ2v) is 6.14. The van der Waals surface area contributed by atoms with Crippen molar-refractivity contribution in [1.29, 1.82) is 0 Å². The molecular weight excluding hydrogens is 318 g/mol. The third-order valence-electron chi connectivity index (χ3n) is 4.29. The van der Waals surface area contributed by atoms with Gasteiger partial charge in [0.05, 0.1) is 18.8 Å². The lowest BCUT2D eigenvalue weighted by atomic mass is 10.2. The minimum atomic E-state index is -0.132. The largest absolute Gasteiger partial charge is 0.376 e. The Bertz CT molecular complexity index is 949. The van der Waals surface area contributed by atoms with Crippen molar-refractivity contribution >= 4 is 22.8 Å². The van der Waals surface area contributed by atoms with Crippen molar-refractivity contribution in [2.24, 2.45) is 0 Å². The zero-order chi connectivity index (χ0) is 17.2. The van der Waals surface area contributed by atoms with Crippen LogP contribution >= 0.6 is 0 Å². The molecule has 0 saturated carbocycles. The Labute approximate surface area is 144 Å². The van der Waals surface area contributed by atoms with Gasteiger partial charge in [-0.05, 0) is 31.9 Å². The van der Waals surface area contributed by atoms with Crippen LogP contribution in [0, 0.1) is 6.92 Å². The van der Waals surface area contributed by atoms with Crippen molar-refractivity contribution in [1.82, 2.24) is 19.5 Å². The first kappa shape index (κ1) is 15.7. The first-order valence-electron chi connectivity index (χ1n) is 8.38. The van der Waals surface area contributed by atoms with Crippen LogP contribution in [-0.4, -0.2) is 32.2 Å². The number of anilines is 2. The molecule has 1 aliphatic rings. The van der Waals surface area contributed by atoms with Gasteiger partial charge in [0.1, 0.15) is 11.2 Å². The number of ether oxygens (including phenoxy) is 1. The van der Waals surface area contributed by atoms with Gasteiger partial charge in [0.2, 0.25) is 5.95 Å². The maximum atomic E-state index is 12.6. The summed E-state index contributed by atoms with van der Waals surface area (Å²) >= 11 is 0. The SMILES string of the molecule is Cc1nc2cnc(Nc3ccccc3)nc2n(C[C@H]2CCCO2)c1=O. The monoisotopic (exact) mass is 337 g/mol. The van der Waals surface area contributed by atoms with Crippen LogP contribution in [0.2, 0.25) is 0 Å². The average Bonchev–Trinajstić information content (AvgIpc) is 3.13. The number of hydrogen-bond donors (Lipinski definition) is 1. The molecule has 0 aliphatic carbocycles. The quantitative estimate of drug-likeness (QED) is 0.787. The number of fused-ring (bicyclic) bond motifs is 1. The Balaban J connectivity index is 1.76. The maximum Gasteiger partial charge on any atom is 0.273 e. The van der Waals surface area contributed by atoms with Gasteiger partial charge in [-0.25, -0.2) is 9.97 Å². The van der Waals surface area contributed by atoms with E-state index in [9.17, 15) is 4.79 Å². The van der Waals surface area contributed by atoms with E-state index in [2.05, 4.69) is 20.3 Å². The molecule has 1 fully saturated rings. The lowest BCUT2D eigenvalue weighted by Crippen LogP contribution is -2.29. The summed E-state index contributed by atoms with van der Waals surface area (Å²) in [6, 6.07) is 9.67. The summed E-state index contributed by atoms with van der Waals surface area (Å²) < 4.78 is 7.35. The third kappa shape index (κ3) is 3.23. The molecule has 0 bridgehead atoms. The molecule has 7 nitrogen and oxygen atoms in total. The van der Waals surface area contributed by atoms with E-state index in [-0.39, 0.29) is 11.7 Å². The van der Waals surface area contributed by atoms with E-state index in [0.717, 1.165) is 25.1 Å². The Hall–Kier alpha value is -2.80. The molecule has 1 aromatic carbocycles. The summed E-state index contributed by atoms with van der Waals surface area (Å²) in [6.45, 7) is 2.95. The van der Waals surface area contributed by atoms with Crippen molar-refractivity contribution in [2.45, 2.75) is 32.4 Å². The van der Waals surface area contributed by atoms with Gasteiger partial charge in [0.25, 0.3) is 5.56 Å². The topological polar surface area (TPSA) is 81.9 Å². The van der Waals surface area contributed by atoms with E-state index in [1.807, 2.05) is 30.3 Å². The van der Waals surface area contributed by atoms with Gasteiger partial charge >= 0.3 is 0 Å². The number of nitrogens with zero attached hydrogens (tertiary/aromatic N) is 4. The fourth-order valence-corrected chi connectivity index (χ4v) is 3.04. The average molecular weight is 337 g/mol. The van der Waals surface area contributed by atoms with Crippen LogP contribution in [0.15, 0.2) is 41.3 Å². The van der Waals surface area contributed by atoms with Gasteiger partial charge in [-0.1, -0.05) is 18.2 Å². The zero-order valence-corrected chi connectivity index (χ0v) is 14.0. The second kappa shape index (κ2) is 6.60. The van der Waals surface area contributed by atoms with Crippen molar-refractivity contribution in [3.8, 4) is 0 Å². The number of hydrogen-bond acceptors (Lipinski definition) is 6. The second-order valence-electron chi connectivity index (χ2n) is 6.14. The highest BCUT2D eigenvalue weighted by molar-refractivity contribution is 5.71. The van der Waals surface area contributed by atoms with Crippen LogP contribution in [0.1, 0.15) is 18.5 Å². The summed E-state index contributed by atoms with van der Waals surface area (Å²) in [6.07, 6.45) is 3.67. The Morgan fingerprint density at radius 2 is 2.12 bits per heavy atom. The predicted octanol–water partition coefficient (Wildman–Crippen LogP) is 2.42. The zero-order valence-electron chi connectivity index (χ0n) is 14.0. The van der Waals surface area contributed by atoms with Crippen molar-refractivity contribution in [3.05, 3.63) is 52.6 Å². The van der Waals surface area contributed by atoms with Crippen LogP contribution in [0.4, 0.5) is 11.6 Å². The molecule has 1 atom stereocenters. The third-order valence-corrected chi connectivity index (χ3v) is 4.29. The highest BCUT2D eigenvalue weighted by Crippen LogP contribution is 2.18. The number of aromatic nitrogens is 4. The van der Waals surface area contributed by atoms with Crippen LogP contribution < -0.4 is 10.9 Å². The lowest BCUT2D eigenvalue weighted by molar-refractivity contribution is 0.0970. The number of aryl methyl sites for hydroxylation is 1. The minimum Gasteiger partial charge on any atom is -0.376 e. The Kier molecular flexibility index (Phi) is 4.15. The number of nitrogens with one attached hydrogen (secondary N) is 1. The maximum absolute atomic E-state index is 12.6. The summed E-state index contributed by atoms with van der Waals surface area (Å²) in [4.78, 5) is 25.8. The first-order chi connectivity index (χ1) is 12.2. The molecule has 0 unspecified atom stereocenters. The van der Waals surface area contributed by atoms with Crippen LogP contribution in [-0.2, 0) is 11.3 Å². The molecule has 3 aromatic rings. The van der Waals surface area contributed by atoms with Gasteiger partial charge in [0, 0.05) is 12.3 Å². The number of para-hydroxylation sites is 1. The van der Waals surface area contributed by atoms with Crippen molar-refractivity contribution in [2.75, 3.05) is 11.9 Å². The van der Waals surface area contributed by atoms with E-state index < -0.39 is 0 Å². The molecule has 128 valence electrons. The van der Waals surface area contributed by atoms with Crippen LogP contribution in [0.3, 0.4) is 0 Å². The first-order valence-corrected chi connectivity index (χ1v) is 8.38. The normalized spacial score (nSPS) is 17.1. The molecule has 1 saturated heterocycles. The molecule has 0 radical (unpaired) electrons. The molecule has 0 amide bonds. The summed E-state index contributed by atoms with van der Waals surface area (Å²) in [5.74, 6) is 0.435. The standard InChI is InChI=1S/C18H19N5O2/c1-12-17(24)23(11-14-8-5-9-25-14)16-15(20-12)10-19-18(22-16)21-13-6-3-2-4-7-13/h2-4,6-7,10,14H,5,8-9,11H2,1H3,(H,19,21,22)/t14-/m1/s1. The number of benzene rings is 1. The van der Waals surface area contributed by atoms with Crippen molar-refractivity contribution < 1.29 is 4.74 Å². The van der Waals surface area contributed by atoms with Gasteiger partial charge in [-0.2, -0.15) is 4.98 Å². The molecule has 25 heavy (non-hydrogen) atoms. The molecule has 3 heterocycles. The molecule has 2 aromatic heterocycles. The van der Waals surface area contributed by atoms with E-state index in [1.54, 1.807) is 17.7 Å². The number of rotatable bonds is 4. The molecular formula is C18H19N5O2. The highest BCUT2D eigenvalue weighted by Gasteiger charge is 2.19. The Morgan fingerprint density at radius 1 is 1.28 bits per heavy atom. The molecule has 7 heteroatoms. The van der Waals surface area contributed by atoms with E-state index in [0.29, 0.717) is 29.4 Å². The molecule has 0 spiro atoms. The highest BCUT2D eigenvalue weighted by atomic mass is 16.5. The van der Waals surface area contributed by atoms with E-state index in [4.69, 9.17) is 4.74 Å². The van der Waals surface area contributed by atoms with E-state index in [1.165, 1.54) is 0 Å². The fourth-order valence-electron chi connectivity index (χ4n) is 3.04. The predicted molar refractivity (Wildman–Crippen MR) is 95.0 cm³/mol. The smallest absolute Gasteiger partial charge is 0.273 e. The van der Waals surface area contributed by atoms with Gasteiger partial charge in [-0.3, -0.25) is 9.36 Å². The molecule has 4 rings (SSSR count).